The van der Waals surface area contributed by atoms with Gasteiger partial charge in [-0.1, -0.05) is 5.92 Å². The molecule has 0 bridgehead atoms. The normalized spacial score (nSPS) is 13.3. The number of fused-ring (bicyclic) bond motifs is 1. The Balaban J connectivity index is 2.50. The Kier molecular flexibility index (Phi) is 4.87. The Morgan fingerprint density at radius 1 is 1.33 bits per heavy atom. The van der Waals surface area contributed by atoms with Gasteiger partial charge in [0.05, 0.1) is 17.5 Å². The molecule has 130 valence electrons. The summed E-state index contributed by atoms with van der Waals surface area (Å²) in [5.74, 6) is 3.20. The molecule has 0 atom stereocenters. The van der Waals surface area contributed by atoms with Crippen molar-refractivity contribution < 1.29 is 23.6 Å². The first-order chi connectivity index (χ1) is 11.0. The van der Waals surface area contributed by atoms with Crippen molar-refractivity contribution in [3.05, 3.63) is 12.1 Å². The van der Waals surface area contributed by atoms with E-state index in [2.05, 4.69) is 5.92 Å². The van der Waals surface area contributed by atoms with Gasteiger partial charge in [-0.15, -0.1) is 6.42 Å². The van der Waals surface area contributed by atoms with E-state index >= 15 is 0 Å². The van der Waals surface area contributed by atoms with Gasteiger partial charge in [-0.05, 0) is 46.2 Å². The number of hydrogen-bond donors (Lipinski definition) is 0. The van der Waals surface area contributed by atoms with Crippen molar-refractivity contribution in [2.24, 2.45) is 0 Å². The van der Waals surface area contributed by atoms with Crippen LogP contribution in [0.5, 0.6) is 11.5 Å². The van der Waals surface area contributed by atoms with Gasteiger partial charge in [0.25, 0.3) is 0 Å². The van der Waals surface area contributed by atoms with E-state index in [-0.39, 0.29) is 13.3 Å². The number of ether oxygens (including phenoxy) is 3. The summed E-state index contributed by atoms with van der Waals surface area (Å²) in [5, 5.41) is 0.573. The fourth-order valence-electron chi connectivity index (χ4n) is 2.26. The molecule has 1 aromatic rings. The lowest BCUT2D eigenvalue weighted by molar-refractivity contribution is 0.0584. The monoisotopic (exact) mass is 351 g/mol. The maximum Gasteiger partial charge on any atom is 0.415 e. The second-order valence-electron chi connectivity index (χ2n) is 6.79. The second-order valence-corrected chi connectivity index (χ2v) is 9.97. The molecule has 0 saturated heterocycles. The lowest BCUT2D eigenvalue weighted by Crippen LogP contribution is -2.37. The van der Waals surface area contributed by atoms with Crippen molar-refractivity contribution in [3.8, 4) is 23.8 Å². The summed E-state index contributed by atoms with van der Waals surface area (Å²) in [6, 6.07) is 3.33. The minimum atomic E-state index is -2.56. The molecule has 0 unspecified atom stereocenters. The fraction of sp³-hybridized carbons (Fsp3) is 0.471. The molecule has 1 aromatic carbocycles. The quantitative estimate of drug-likeness (QED) is 0.619. The van der Waals surface area contributed by atoms with Crippen LogP contribution in [0.1, 0.15) is 20.8 Å². The van der Waals surface area contributed by atoms with E-state index in [9.17, 15) is 9.36 Å². The predicted octanol–water partition coefficient (Wildman–Crippen LogP) is 3.04. The average Bonchev–Trinajstić information content (AvgIpc) is 2.89. The first kappa shape index (κ1) is 18.2. The number of benzene rings is 1. The summed E-state index contributed by atoms with van der Waals surface area (Å²) in [7, 11) is -2.56. The molecule has 0 aromatic heterocycles. The Bertz CT molecular complexity index is 739. The van der Waals surface area contributed by atoms with E-state index in [0.717, 1.165) is 0 Å². The molecule has 0 radical (unpaired) electrons. The van der Waals surface area contributed by atoms with Crippen molar-refractivity contribution in [1.82, 2.24) is 0 Å². The van der Waals surface area contributed by atoms with Gasteiger partial charge in [-0.3, -0.25) is 4.90 Å². The SMILES string of the molecule is C#CCN(C(=O)OC(C)(C)C)c1ccc(P(C)(C)=O)c2c1OCO2. The fourth-order valence-corrected chi connectivity index (χ4v) is 3.35. The van der Waals surface area contributed by atoms with Crippen molar-refractivity contribution in [2.45, 2.75) is 26.4 Å². The smallest absolute Gasteiger partial charge is 0.415 e. The van der Waals surface area contributed by atoms with E-state index in [1.54, 1.807) is 46.2 Å². The number of carbonyl (C=O) groups is 1. The van der Waals surface area contributed by atoms with Gasteiger partial charge >= 0.3 is 6.09 Å². The minimum Gasteiger partial charge on any atom is -0.453 e. The first-order valence-corrected chi connectivity index (χ1v) is 10.1. The van der Waals surface area contributed by atoms with Crippen molar-refractivity contribution in [2.75, 3.05) is 31.6 Å². The average molecular weight is 351 g/mol. The number of hydrogen-bond acceptors (Lipinski definition) is 5. The molecule has 1 aliphatic heterocycles. The molecule has 0 aliphatic carbocycles. The van der Waals surface area contributed by atoms with Gasteiger partial charge in [0.2, 0.25) is 6.79 Å². The van der Waals surface area contributed by atoms with Crippen LogP contribution in [0.2, 0.25) is 0 Å². The number of anilines is 1. The molecule has 6 nitrogen and oxygen atoms in total. The number of carbonyl (C=O) groups excluding carboxylic acids is 1. The van der Waals surface area contributed by atoms with Crippen molar-refractivity contribution in [1.29, 1.82) is 0 Å². The third kappa shape index (κ3) is 3.85. The van der Waals surface area contributed by atoms with Crippen LogP contribution in [0.3, 0.4) is 0 Å². The molecule has 1 heterocycles. The zero-order valence-electron chi connectivity index (χ0n) is 14.6. The van der Waals surface area contributed by atoms with Crippen LogP contribution in [0.25, 0.3) is 0 Å². The summed E-state index contributed by atoms with van der Waals surface area (Å²) < 4.78 is 28.8. The maximum atomic E-state index is 12.5. The third-order valence-electron chi connectivity index (χ3n) is 3.21. The molecule has 2 rings (SSSR count). The molecular weight excluding hydrogens is 329 g/mol. The minimum absolute atomic E-state index is 0.00242. The molecule has 7 heteroatoms. The summed E-state index contributed by atoms with van der Waals surface area (Å²) in [4.78, 5) is 13.8. The molecule has 0 spiro atoms. The number of rotatable bonds is 3. The van der Waals surface area contributed by atoms with Crippen LogP contribution >= 0.6 is 7.14 Å². The Labute approximate surface area is 142 Å². The molecule has 0 N–H and O–H groups in total. The molecule has 24 heavy (non-hydrogen) atoms. The molecule has 1 aliphatic rings. The zero-order valence-corrected chi connectivity index (χ0v) is 15.5. The summed E-state index contributed by atoms with van der Waals surface area (Å²) >= 11 is 0. The number of amides is 1. The van der Waals surface area contributed by atoms with Gasteiger partial charge in [-0.25, -0.2) is 4.79 Å². The van der Waals surface area contributed by atoms with Gasteiger partial charge < -0.3 is 18.8 Å². The Hall–Kier alpha value is -2.12. The van der Waals surface area contributed by atoms with E-state index in [0.29, 0.717) is 22.5 Å². The zero-order chi connectivity index (χ0) is 18.1. The van der Waals surface area contributed by atoms with Crippen LogP contribution in [-0.2, 0) is 9.30 Å². The van der Waals surface area contributed by atoms with Gasteiger partial charge in [0.1, 0.15) is 12.7 Å². The lowest BCUT2D eigenvalue weighted by atomic mass is 10.2. The first-order valence-electron chi connectivity index (χ1n) is 7.46. The Morgan fingerprint density at radius 3 is 2.50 bits per heavy atom. The second kappa shape index (κ2) is 6.41. The van der Waals surface area contributed by atoms with E-state index in [1.807, 2.05) is 0 Å². The predicted molar refractivity (Wildman–Crippen MR) is 94.1 cm³/mol. The summed E-state index contributed by atoms with van der Waals surface area (Å²) in [5.41, 5.74) is -0.223. The van der Waals surface area contributed by atoms with Crippen LogP contribution in [-0.4, -0.2) is 38.4 Å². The Morgan fingerprint density at radius 2 is 1.96 bits per heavy atom. The highest BCUT2D eigenvalue weighted by Gasteiger charge is 2.32. The number of nitrogens with zero attached hydrogens (tertiary/aromatic N) is 1. The largest absolute Gasteiger partial charge is 0.453 e. The highest BCUT2D eigenvalue weighted by atomic mass is 31.2. The van der Waals surface area contributed by atoms with Crippen LogP contribution in [0, 0.1) is 12.3 Å². The topological polar surface area (TPSA) is 65.1 Å². The summed E-state index contributed by atoms with van der Waals surface area (Å²) in [6.45, 7) is 8.63. The van der Waals surface area contributed by atoms with E-state index in [4.69, 9.17) is 20.6 Å². The van der Waals surface area contributed by atoms with Crippen molar-refractivity contribution >= 4 is 24.2 Å². The van der Waals surface area contributed by atoms with Gasteiger partial charge in [-0.2, -0.15) is 0 Å². The number of terminal acetylenes is 1. The van der Waals surface area contributed by atoms with E-state index in [1.165, 1.54) is 4.90 Å². The lowest BCUT2D eigenvalue weighted by Gasteiger charge is -2.27. The standard InChI is InChI=1S/C17H22NO5P/c1-7-10-18(16(19)23-17(2,3)4)12-8-9-13(24(5,6)20)15-14(12)21-11-22-15/h1,8-9H,10-11H2,2-6H3. The van der Waals surface area contributed by atoms with Crippen LogP contribution < -0.4 is 19.7 Å². The van der Waals surface area contributed by atoms with E-state index < -0.39 is 18.8 Å². The highest BCUT2D eigenvalue weighted by molar-refractivity contribution is 7.70. The van der Waals surface area contributed by atoms with Gasteiger partial charge in [0, 0.05) is 0 Å². The highest BCUT2D eigenvalue weighted by Crippen LogP contribution is 2.48. The third-order valence-corrected chi connectivity index (χ3v) is 4.72. The summed E-state index contributed by atoms with van der Waals surface area (Å²) in [6.07, 6.45) is 4.82. The van der Waals surface area contributed by atoms with Crippen LogP contribution in [0.15, 0.2) is 12.1 Å². The van der Waals surface area contributed by atoms with Crippen LogP contribution in [0.4, 0.5) is 10.5 Å². The maximum absolute atomic E-state index is 12.5. The molecular formula is C17H22NO5P. The van der Waals surface area contributed by atoms with Crippen molar-refractivity contribution in [3.63, 3.8) is 0 Å². The molecule has 0 fully saturated rings. The molecule has 1 amide bonds. The van der Waals surface area contributed by atoms with Gasteiger partial charge in [0.15, 0.2) is 11.5 Å². The molecule has 0 saturated carbocycles.